The van der Waals surface area contributed by atoms with Crippen molar-refractivity contribution in [2.75, 3.05) is 12.3 Å². The number of benzene rings is 1. The third kappa shape index (κ3) is 2.68. The molecule has 0 heterocycles. The minimum atomic E-state index is -0.678. The van der Waals surface area contributed by atoms with Crippen LogP contribution in [0.2, 0.25) is 0 Å². The van der Waals surface area contributed by atoms with Crippen molar-refractivity contribution in [2.24, 2.45) is 5.73 Å². The van der Waals surface area contributed by atoms with E-state index in [-0.39, 0.29) is 16.9 Å². The third-order valence-electron chi connectivity index (χ3n) is 1.81. The van der Waals surface area contributed by atoms with Gasteiger partial charge in [-0.25, -0.2) is 4.39 Å². The van der Waals surface area contributed by atoms with E-state index in [0.29, 0.717) is 13.0 Å². The Morgan fingerprint density at radius 2 is 2.19 bits per heavy atom. The normalized spacial score (nSPS) is 9.38. The fraction of sp³-hybridized carbons (Fsp3) is 0.200. The number of anilines is 1. The molecule has 5 nitrogen and oxygen atoms in total. The summed E-state index contributed by atoms with van der Waals surface area (Å²) in [5.74, 6) is 4.40. The molecule has 6 heteroatoms. The molecule has 84 valence electrons. The highest BCUT2D eigenvalue weighted by Gasteiger charge is 2.14. The maximum Gasteiger partial charge on any atom is 0.293 e. The second kappa shape index (κ2) is 5.09. The second-order valence-electron chi connectivity index (χ2n) is 2.99. The fourth-order valence-electron chi connectivity index (χ4n) is 1.06. The van der Waals surface area contributed by atoms with Gasteiger partial charge in [-0.3, -0.25) is 10.1 Å². The molecule has 0 radical (unpaired) electrons. The molecule has 0 spiro atoms. The zero-order valence-electron chi connectivity index (χ0n) is 8.37. The van der Waals surface area contributed by atoms with Crippen molar-refractivity contribution in [3.8, 4) is 11.8 Å². The summed E-state index contributed by atoms with van der Waals surface area (Å²) in [5, 5.41) is 10.6. The van der Waals surface area contributed by atoms with Gasteiger partial charge in [0, 0.05) is 25.1 Å². The summed E-state index contributed by atoms with van der Waals surface area (Å²) in [4.78, 5) is 9.87. The minimum Gasteiger partial charge on any atom is -0.393 e. The van der Waals surface area contributed by atoms with Gasteiger partial charge in [0.25, 0.3) is 5.69 Å². The van der Waals surface area contributed by atoms with Crippen molar-refractivity contribution in [1.82, 2.24) is 0 Å². The lowest BCUT2D eigenvalue weighted by Crippen LogP contribution is -1.99. The Labute approximate surface area is 91.4 Å². The summed E-state index contributed by atoms with van der Waals surface area (Å²) in [6.07, 6.45) is 0.400. The fourth-order valence-corrected chi connectivity index (χ4v) is 1.06. The van der Waals surface area contributed by atoms with E-state index in [2.05, 4.69) is 11.8 Å². The Balaban J connectivity index is 3.16. The molecule has 0 saturated carbocycles. The van der Waals surface area contributed by atoms with Crippen molar-refractivity contribution in [2.45, 2.75) is 6.42 Å². The van der Waals surface area contributed by atoms with Crippen LogP contribution >= 0.6 is 0 Å². The van der Waals surface area contributed by atoms with Crippen LogP contribution < -0.4 is 11.5 Å². The van der Waals surface area contributed by atoms with E-state index in [1.54, 1.807) is 0 Å². The summed E-state index contributed by atoms with van der Waals surface area (Å²) < 4.78 is 13.3. The highest BCUT2D eigenvalue weighted by Crippen LogP contribution is 2.24. The molecule has 1 rings (SSSR count). The topological polar surface area (TPSA) is 95.2 Å². The van der Waals surface area contributed by atoms with Gasteiger partial charge in [0.2, 0.25) is 0 Å². The highest BCUT2D eigenvalue weighted by molar-refractivity contribution is 5.61. The quantitative estimate of drug-likeness (QED) is 0.338. The molecule has 0 fully saturated rings. The van der Waals surface area contributed by atoms with Crippen LogP contribution in [-0.4, -0.2) is 11.5 Å². The zero-order chi connectivity index (χ0) is 12.1. The molecule has 0 saturated heterocycles. The summed E-state index contributed by atoms with van der Waals surface area (Å²) in [6, 6.07) is 1.92. The highest BCUT2D eigenvalue weighted by atomic mass is 19.1. The van der Waals surface area contributed by atoms with Crippen molar-refractivity contribution in [1.29, 1.82) is 0 Å². The van der Waals surface area contributed by atoms with E-state index in [1.807, 2.05) is 0 Å². The summed E-state index contributed by atoms with van der Waals surface area (Å²) >= 11 is 0. The lowest BCUT2D eigenvalue weighted by atomic mass is 10.1. The third-order valence-corrected chi connectivity index (χ3v) is 1.81. The molecule has 16 heavy (non-hydrogen) atoms. The lowest BCUT2D eigenvalue weighted by Gasteiger charge is -1.99. The number of nitrogen functional groups attached to an aromatic ring is 1. The van der Waals surface area contributed by atoms with Gasteiger partial charge >= 0.3 is 0 Å². The minimum absolute atomic E-state index is 0.0469. The van der Waals surface area contributed by atoms with Crippen LogP contribution in [0.4, 0.5) is 15.8 Å². The van der Waals surface area contributed by atoms with Gasteiger partial charge in [-0.2, -0.15) is 0 Å². The van der Waals surface area contributed by atoms with E-state index < -0.39 is 10.7 Å². The first kappa shape index (κ1) is 11.9. The number of nitro benzene ring substituents is 1. The van der Waals surface area contributed by atoms with Crippen molar-refractivity contribution < 1.29 is 9.31 Å². The van der Waals surface area contributed by atoms with Crippen LogP contribution in [0.15, 0.2) is 12.1 Å². The predicted octanol–water partition coefficient (Wildman–Crippen LogP) is 1.02. The summed E-state index contributed by atoms with van der Waals surface area (Å²) in [7, 11) is 0. The van der Waals surface area contributed by atoms with E-state index >= 15 is 0 Å². The lowest BCUT2D eigenvalue weighted by molar-refractivity contribution is -0.384. The first-order valence-electron chi connectivity index (χ1n) is 4.48. The smallest absolute Gasteiger partial charge is 0.293 e. The predicted molar refractivity (Wildman–Crippen MR) is 58.0 cm³/mol. The average molecular weight is 223 g/mol. The van der Waals surface area contributed by atoms with Crippen LogP contribution in [0.25, 0.3) is 0 Å². The standard InChI is InChI=1S/C10H10FN3O2/c11-8-6-9(13)10(14(15)16)5-7(8)3-1-2-4-12/h5-6H,2,4,12-13H2. The molecular formula is C10H10FN3O2. The van der Waals surface area contributed by atoms with Gasteiger partial charge < -0.3 is 11.5 Å². The first-order chi connectivity index (χ1) is 7.56. The van der Waals surface area contributed by atoms with Gasteiger partial charge in [-0.1, -0.05) is 11.8 Å². The Morgan fingerprint density at radius 1 is 1.50 bits per heavy atom. The number of halogens is 1. The Kier molecular flexibility index (Phi) is 3.80. The van der Waals surface area contributed by atoms with E-state index in [1.165, 1.54) is 0 Å². The van der Waals surface area contributed by atoms with E-state index in [9.17, 15) is 14.5 Å². The summed E-state index contributed by atoms with van der Waals surface area (Å²) in [5.41, 5.74) is 9.89. The van der Waals surface area contributed by atoms with Crippen LogP contribution in [0.5, 0.6) is 0 Å². The number of rotatable bonds is 2. The molecule has 0 aliphatic carbocycles. The monoisotopic (exact) mass is 223 g/mol. The molecule has 0 bridgehead atoms. The molecular weight excluding hydrogens is 213 g/mol. The maximum atomic E-state index is 13.3. The molecule has 0 amide bonds. The maximum absolute atomic E-state index is 13.3. The SMILES string of the molecule is NCCC#Cc1cc([N+](=O)[O-])c(N)cc1F. The van der Waals surface area contributed by atoms with Gasteiger partial charge in [0.1, 0.15) is 11.5 Å². The number of nitrogens with two attached hydrogens (primary N) is 2. The molecule has 4 N–H and O–H groups in total. The van der Waals surface area contributed by atoms with Crippen LogP contribution in [0, 0.1) is 27.8 Å². The van der Waals surface area contributed by atoms with Gasteiger partial charge in [-0.05, 0) is 0 Å². The number of nitrogens with zero attached hydrogens (tertiary/aromatic N) is 1. The number of hydrogen-bond donors (Lipinski definition) is 2. The second-order valence-corrected chi connectivity index (χ2v) is 2.99. The molecule has 0 aromatic heterocycles. The Hall–Kier alpha value is -2.13. The van der Waals surface area contributed by atoms with Gasteiger partial charge in [0.05, 0.1) is 10.5 Å². The Morgan fingerprint density at radius 3 is 2.75 bits per heavy atom. The number of hydrogen-bond acceptors (Lipinski definition) is 4. The molecule has 1 aromatic rings. The first-order valence-corrected chi connectivity index (χ1v) is 4.48. The van der Waals surface area contributed by atoms with Gasteiger partial charge in [0.15, 0.2) is 0 Å². The summed E-state index contributed by atoms with van der Waals surface area (Å²) in [6.45, 7) is 0.353. The molecule has 0 unspecified atom stereocenters. The van der Waals surface area contributed by atoms with Crippen LogP contribution in [0.1, 0.15) is 12.0 Å². The van der Waals surface area contributed by atoms with Crippen molar-refractivity contribution >= 4 is 11.4 Å². The zero-order valence-corrected chi connectivity index (χ0v) is 8.37. The van der Waals surface area contributed by atoms with Crippen LogP contribution in [0.3, 0.4) is 0 Å². The molecule has 0 aliphatic heterocycles. The molecule has 0 atom stereocenters. The van der Waals surface area contributed by atoms with E-state index in [4.69, 9.17) is 11.5 Å². The molecule has 0 aliphatic rings. The largest absolute Gasteiger partial charge is 0.393 e. The average Bonchev–Trinajstić information content (AvgIpc) is 2.21. The Bertz CT molecular complexity index is 477. The van der Waals surface area contributed by atoms with E-state index in [0.717, 1.165) is 12.1 Å². The van der Waals surface area contributed by atoms with Crippen molar-refractivity contribution in [3.63, 3.8) is 0 Å². The van der Waals surface area contributed by atoms with Gasteiger partial charge in [-0.15, -0.1) is 0 Å². The number of nitro groups is 1. The van der Waals surface area contributed by atoms with Crippen molar-refractivity contribution in [3.05, 3.63) is 33.6 Å². The van der Waals surface area contributed by atoms with Crippen LogP contribution in [-0.2, 0) is 0 Å². The molecule has 1 aromatic carbocycles.